The van der Waals surface area contributed by atoms with Gasteiger partial charge in [0.1, 0.15) is 0 Å². The van der Waals surface area contributed by atoms with Gasteiger partial charge in [-0.3, -0.25) is 4.79 Å². The fourth-order valence-electron chi connectivity index (χ4n) is 3.15. The van der Waals surface area contributed by atoms with Gasteiger partial charge < -0.3 is 14.4 Å². The van der Waals surface area contributed by atoms with Crippen LogP contribution in [0, 0.1) is 5.92 Å². The molecule has 4 nitrogen and oxygen atoms in total. The van der Waals surface area contributed by atoms with Crippen molar-refractivity contribution in [1.29, 1.82) is 0 Å². The summed E-state index contributed by atoms with van der Waals surface area (Å²) < 4.78 is 50.2. The highest BCUT2D eigenvalue weighted by Gasteiger charge is 2.38. The van der Waals surface area contributed by atoms with Crippen LogP contribution in [0.25, 0.3) is 0 Å². The number of nitrogens with zero attached hydrogens (tertiary/aromatic N) is 1. The van der Waals surface area contributed by atoms with E-state index in [1.165, 1.54) is 23.1 Å². The first-order chi connectivity index (χ1) is 11.0. The Balaban J connectivity index is 1.77. The molecule has 0 saturated carbocycles. The standard InChI is InChI=1S/C16H18F3NO3/c17-16(18,19)13-6-2-1-5-12(13)14(21)20-7-3-4-11(10-20)15-22-8-9-23-15/h1-2,5-6,11,15H,3-4,7-10H2. The molecule has 0 spiro atoms. The van der Waals surface area contributed by atoms with E-state index < -0.39 is 17.6 Å². The van der Waals surface area contributed by atoms with Gasteiger partial charge in [-0.1, -0.05) is 12.1 Å². The maximum atomic E-state index is 13.1. The summed E-state index contributed by atoms with van der Waals surface area (Å²) in [4.78, 5) is 14.0. The van der Waals surface area contributed by atoms with Crippen LogP contribution in [0.15, 0.2) is 24.3 Å². The minimum Gasteiger partial charge on any atom is -0.350 e. The number of amides is 1. The van der Waals surface area contributed by atoms with Crippen molar-refractivity contribution in [2.24, 2.45) is 5.92 Å². The van der Waals surface area contributed by atoms with Gasteiger partial charge in [0, 0.05) is 19.0 Å². The molecule has 0 N–H and O–H groups in total. The maximum Gasteiger partial charge on any atom is 0.417 e. The summed E-state index contributed by atoms with van der Waals surface area (Å²) in [6.45, 7) is 1.85. The predicted octanol–water partition coefficient (Wildman–Crippen LogP) is 2.93. The molecule has 7 heteroatoms. The van der Waals surface area contributed by atoms with Crippen molar-refractivity contribution in [1.82, 2.24) is 4.90 Å². The fourth-order valence-corrected chi connectivity index (χ4v) is 3.15. The highest BCUT2D eigenvalue weighted by molar-refractivity contribution is 5.96. The summed E-state index contributed by atoms with van der Waals surface area (Å²) in [6, 6.07) is 4.92. The van der Waals surface area contributed by atoms with Crippen LogP contribution in [0.3, 0.4) is 0 Å². The van der Waals surface area contributed by atoms with Crippen LogP contribution >= 0.6 is 0 Å². The molecule has 0 bridgehead atoms. The highest BCUT2D eigenvalue weighted by atomic mass is 19.4. The largest absolute Gasteiger partial charge is 0.417 e. The van der Waals surface area contributed by atoms with Gasteiger partial charge >= 0.3 is 6.18 Å². The lowest BCUT2D eigenvalue weighted by Gasteiger charge is -2.35. The van der Waals surface area contributed by atoms with Crippen molar-refractivity contribution in [3.8, 4) is 0 Å². The van der Waals surface area contributed by atoms with Gasteiger partial charge in [0.05, 0.1) is 24.3 Å². The molecular formula is C16H18F3NO3. The topological polar surface area (TPSA) is 38.8 Å². The molecule has 0 aromatic heterocycles. The quantitative estimate of drug-likeness (QED) is 0.837. The molecule has 2 aliphatic heterocycles. The molecule has 126 valence electrons. The number of hydrogen-bond donors (Lipinski definition) is 0. The van der Waals surface area contributed by atoms with Crippen LogP contribution in [0.5, 0.6) is 0 Å². The van der Waals surface area contributed by atoms with Crippen LogP contribution in [-0.4, -0.2) is 43.4 Å². The van der Waals surface area contributed by atoms with E-state index >= 15 is 0 Å². The van der Waals surface area contributed by atoms with Crippen molar-refractivity contribution in [2.45, 2.75) is 25.3 Å². The van der Waals surface area contributed by atoms with Gasteiger partial charge in [0.2, 0.25) is 0 Å². The van der Waals surface area contributed by atoms with Gasteiger partial charge in [0.15, 0.2) is 6.29 Å². The van der Waals surface area contributed by atoms with Crippen LogP contribution in [0.1, 0.15) is 28.8 Å². The van der Waals surface area contributed by atoms with Crippen molar-refractivity contribution >= 4 is 5.91 Å². The second-order valence-corrected chi connectivity index (χ2v) is 5.81. The van der Waals surface area contributed by atoms with Crippen LogP contribution in [0.4, 0.5) is 13.2 Å². The molecule has 1 aromatic rings. The van der Waals surface area contributed by atoms with Gasteiger partial charge in [-0.05, 0) is 25.0 Å². The Morgan fingerprint density at radius 1 is 1.17 bits per heavy atom. The maximum absolute atomic E-state index is 13.1. The zero-order valence-corrected chi connectivity index (χ0v) is 12.5. The average molecular weight is 329 g/mol. The molecule has 1 amide bonds. The lowest BCUT2D eigenvalue weighted by Crippen LogP contribution is -2.44. The number of piperidine rings is 1. The van der Waals surface area contributed by atoms with E-state index in [9.17, 15) is 18.0 Å². The van der Waals surface area contributed by atoms with Crippen molar-refractivity contribution in [3.63, 3.8) is 0 Å². The molecule has 3 rings (SSSR count). The van der Waals surface area contributed by atoms with E-state index in [4.69, 9.17) is 9.47 Å². The first-order valence-corrected chi connectivity index (χ1v) is 7.65. The summed E-state index contributed by atoms with van der Waals surface area (Å²) in [5.41, 5.74) is -1.19. The minimum absolute atomic E-state index is 0.00764. The SMILES string of the molecule is O=C(c1ccccc1C(F)(F)F)N1CCCC(C2OCCO2)C1. The molecule has 2 fully saturated rings. The number of halogens is 3. The summed E-state index contributed by atoms with van der Waals surface area (Å²) >= 11 is 0. The summed E-state index contributed by atoms with van der Waals surface area (Å²) in [6.07, 6.45) is -3.33. The Morgan fingerprint density at radius 3 is 2.57 bits per heavy atom. The van der Waals surface area contributed by atoms with Crippen molar-refractivity contribution < 1.29 is 27.4 Å². The fraction of sp³-hybridized carbons (Fsp3) is 0.562. The molecule has 2 saturated heterocycles. The molecule has 2 aliphatic rings. The summed E-state index contributed by atoms with van der Waals surface area (Å²) in [5.74, 6) is -0.575. The molecule has 1 aromatic carbocycles. The number of carbonyl (C=O) groups excluding carboxylic acids is 1. The Labute approximate surface area is 132 Å². The average Bonchev–Trinajstić information content (AvgIpc) is 3.08. The third-order valence-corrected chi connectivity index (χ3v) is 4.24. The molecule has 23 heavy (non-hydrogen) atoms. The molecule has 1 atom stereocenters. The van der Waals surface area contributed by atoms with E-state index in [2.05, 4.69) is 0 Å². The summed E-state index contributed by atoms with van der Waals surface area (Å²) in [5, 5.41) is 0. The number of hydrogen-bond acceptors (Lipinski definition) is 3. The predicted molar refractivity (Wildman–Crippen MR) is 75.8 cm³/mol. The van der Waals surface area contributed by atoms with Crippen molar-refractivity contribution in [2.75, 3.05) is 26.3 Å². The normalized spacial score (nSPS) is 23.3. The number of rotatable bonds is 2. The molecule has 1 unspecified atom stereocenters. The highest BCUT2D eigenvalue weighted by Crippen LogP contribution is 2.33. The van der Waals surface area contributed by atoms with Crippen molar-refractivity contribution in [3.05, 3.63) is 35.4 Å². The van der Waals surface area contributed by atoms with E-state index in [-0.39, 0.29) is 17.8 Å². The third kappa shape index (κ3) is 3.50. The van der Waals surface area contributed by atoms with Gasteiger partial charge in [-0.15, -0.1) is 0 Å². The number of carbonyl (C=O) groups is 1. The second kappa shape index (κ2) is 6.49. The van der Waals surface area contributed by atoms with Gasteiger partial charge in [-0.25, -0.2) is 0 Å². The Hall–Kier alpha value is -1.60. The molecular weight excluding hydrogens is 311 g/mol. The van der Waals surface area contributed by atoms with E-state index in [1.54, 1.807) is 0 Å². The molecule has 2 heterocycles. The van der Waals surface area contributed by atoms with E-state index in [0.29, 0.717) is 26.3 Å². The lowest BCUT2D eigenvalue weighted by molar-refractivity contribution is -0.138. The number of benzene rings is 1. The zero-order chi connectivity index (χ0) is 16.4. The molecule has 0 aliphatic carbocycles. The first-order valence-electron chi connectivity index (χ1n) is 7.65. The van der Waals surface area contributed by atoms with Gasteiger partial charge in [-0.2, -0.15) is 13.2 Å². The first kappa shape index (κ1) is 16.3. The third-order valence-electron chi connectivity index (χ3n) is 4.24. The van der Waals surface area contributed by atoms with E-state index in [1.807, 2.05) is 0 Å². The molecule has 0 radical (unpaired) electrons. The lowest BCUT2D eigenvalue weighted by atomic mass is 9.96. The van der Waals surface area contributed by atoms with Crippen LogP contribution in [0.2, 0.25) is 0 Å². The number of ether oxygens (including phenoxy) is 2. The van der Waals surface area contributed by atoms with E-state index in [0.717, 1.165) is 18.9 Å². The Morgan fingerprint density at radius 2 is 1.87 bits per heavy atom. The number of alkyl halides is 3. The zero-order valence-electron chi connectivity index (χ0n) is 12.5. The number of likely N-dealkylation sites (tertiary alicyclic amines) is 1. The monoisotopic (exact) mass is 329 g/mol. The minimum atomic E-state index is -4.54. The smallest absolute Gasteiger partial charge is 0.350 e. The van der Waals surface area contributed by atoms with Crippen LogP contribution in [-0.2, 0) is 15.7 Å². The van der Waals surface area contributed by atoms with Crippen LogP contribution < -0.4 is 0 Å². The summed E-state index contributed by atoms with van der Waals surface area (Å²) in [7, 11) is 0. The van der Waals surface area contributed by atoms with Gasteiger partial charge in [0.25, 0.3) is 5.91 Å². The Bertz CT molecular complexity index is 570. The Kier molecular flexibility index (Phi) is 4.59. The second-order valence-electron chi connectivity index (χ2n) is 5.81.